The van der Waals surface area contributed by atoms with E-state index in [1.807, 2.05) is 12.1 Å². The highest BCUT2D eigenvalue weighted by Gasteiger charge is 1.92. The van der Waals surface area contributed by atoms with Gasteiger partial charge in [-0.15, -0.1) is 0 Å². The van der Waals surface area contributed by atoms with Crippen molar-refractivity contribution in [3.63, 3.8) is 0 Å². The summed E-state index contributed by atoms with van der Waals surface area (Å²) in [5.74, 6) is 0.749. The Morgan fingerprint density at radius 3 is 3.00 bits per heavy atom. The van der Waals surface area contributed by atoms with Gasteiger partial charge in [0.15, 0.2) is 0 Å². The van der Waals surface area contributed by atoms with Crippen LogP contribution in [0.1, 0.15) is 32.6 Å². The van der Waals surface area contributed by atoms with Crippen LogP contribution in [0.2, 0.25) is 0 Å². The van der Waals surface area contributed by atoms with Gasteiger partial charge in [0.1, 0.15) is 11.9 Å². The topological polar surface area (TPSA) is 22.1 Å². The summed E-state index contributed by atoms with van der Waals surface area (Å²) >= 11 is 0. The molecule has 0 atom stereocenters. The molecule has 0 amide bonds. The highest BCUT2D eigenvalue weighted by molar-refractivity contribution is 5.13. The molecule has 0 N–H and O–H groups in total. The molecule has 0 saturated carbocycles. The van der Waals surface area contributed by atoms with Crippen LogP contribution in [0, 0.1) is 6.20 Å². The fourth-order valence-electron chi connectivity index (χ4n) is 1.10. The van der Waals surface area contributed by atoms with Crippen LogP contribution in [-0.4, -0.2) is 11.6 Å². The summed E-state index contributed by atoms with van der Waals surface area (Å²) in [6.07, 6.45) is 9.41. The number of hydrogen-bond acceptors (Lipinski definition) is 2. The maximum atomic E-state index is 5.43. The molecule has 0 bridgehead atoms. The maximum Gasteiger partial charge on any atom is 0.147 e. The lowest BCUT2D eigenvalue weighted by molar-refractivity contribution is 0.303. The molecule has 0 spiro atoms. The van der Waals surface area contributed by atoms with Crippen molar-refractivity contribution in [2.24, 2.45) is 0 Å². The van der Waals surface area contributed by atoms with Crippen molar-refractivity contribution in [3.05, 3.63) is 24.5 Å². The average Bonchev–Trinajstić information content (AvgIpc) is 2.19. The number of ether oxygens (including phenoxy) is 1. The molecule has 13 heavy (non-hydrogen) atoms. The lowest BCUT2D eigenvalue weighted by atomic mass is 10.2. The highest BCUT2D eigenvalue weighted by atomic mass is 16.5. The number of nitrogens with zero attached hydrogens (tertiary/aromatic N) is 1. The number of rotatable bonds is 6. The van der Waals surface area contributed by atoms with Crippen molar-refractivity contribution in [3.8, 4) is 5.75 Å². The summed E-state index contributed by atoms with van der Waals surface area (Å²) in [5.41, 5.74) is 0. The summed E-state index contributed by atoms with van der Waals surface area (Å²) in [4.78, 5) is 3.85. The smallest absolute Gasteiger partial charge is 0.147 e. The number of aromatic nitrogens is 1. The fourth-order valence-corrected chi connectivity index (χ4v) is 1.10. The Morgan fingerprint density at radius 1 is 1.38 bits per heavy atom. The molecule has 71 valence electrons. The van der Waals surface area contributed by atoms with E-state index in [1.165, 1.54) is 19.3 Å². The summed E-state index contributed by atoms with van der Waals surface area (Å²) < 4.78 is 5.43. The first kappa shape index (κ1) is 10.0. The van der Waals surface area contributed by atoms with Gasteiger partial charge in [-0.05, 0) is 18.6 Å². The summed E-state index contributed by atoms with van der Waals surface area (Å²) in [7, 11) is 0. The molecule has 0 fully saturated rings. The van der Waals surface area contributed by atoms with Crippen molar-refractivity contribution in [1.29, 1.82) is 0 Å². The van der Waals surface area contributed by atoms with Gasteiger partial charge in [0, 0.05) is 6.20 Å². The largest absolute Gasteiger partial charge is 0.491 e. The van der Waals surface area contributed by atoms with Crippen molar-refractivity contribution >= 4 is 0 Å². The van der Waals surface area contributed by atoms with Crippen LogP contribution in [-0.2, 0) is 0 Å². The van der Waals surface area contributed by atoms with E-state index in [9.17, 15) is 0 Å². The second kappa shape index (κ2) is 6.46. The standard InChI is InChI=1S/C11H16NO/c1-2-3-4-5-9-13-11-7-6-8-12-10-11/h6-8H,2-5,9H2,1H3. The molecule has 0 unspecified atom stereocenters. The van der Waals surface area contributed by atoms with Gasteiger partial charge in [-0.25, -0.2) is 0 Å². The predicted octanol–water partition coefficient (Wildman–Crippen LogP) is 2.84. The molecule has 2 heteroatoms. The normalized spacial score (nSPS) is 9.92. The van der Waals surface area contributed by atoms with E-state index >= 15 is 0 Å². The average molecular weight is 178 g/mol. The summed E-state index contributed by atoms with van der Waals surface area (Å²) in [5, 5.41) is 0. The minimum atomic E-state index is 0.749. The van der Waals surface area contributed by atoms with E-state index in [0.717, 1.165) is 18.8 Å². The molecule has 0 aliphatic carbocycles. The van der Waals surface area contributed by atoms with Gasteiger partial charge in [-0.3, -0.25) is 4.98 Å². The second-order valence-corrected chi connectivity index (χ2v) is 3.02. The Labute approximate surface area is 80.0 Å². The van der Waals surface area contributed by atoms with Crippen LogP contribution < -0.4 is 4.74 Å². The van der Waals surface area contributed by atoms with E-state index in [4.69, 9.17) is 4.74 Å². The van der Waals surface area contributed by atoms with Gasteiger partial charge >= 0.3 is 0 Å². The molecule has 1 rings (SSSR count). The van der Waals surface area contributed by atoms with Gasteiger partial charge in [0.2, 0.25) is 0 Å². The molecule has 1 heterocycles. The van der Waals surface area contributed by atoms with Crippen LogP contribution in [0.15, 0.2) is 18.3 Å². The van der Waals surface area contributed by atoms with Crippen LogP contribution in [0.25, 0.3) is 0 Å². The Balaban J connectivity index is 2.07. The van der Waals surface area contributed by atoms with E-state index in [-0.39, 0.29) is 0 Å². The molecule has 1 aromatic heterocycles. The van der Waals surface area contributed by atoms with Crippen molar-refractivity contribution in [2.45, 2.75) is 32.6 Å². The van der Waals surface area contributed by atoms with Crippen LogP contribution in [0.3, 0.4) is 0 Å². The first-order valence-corrected chi connectivity index (χ1v) is 4.89. The third-order valence-electron chi connectivity index (χ3n) is 1.84. The number of unbranched alkanes of at least 4 members (excludes halogenated alkanes) is 3. The van der Waals surface area contributed by atoms with Crippen molar-refractivity contribution in [2.75, 3.05) is 6.61 Å². The zero-order valence-corrected chi connectivity index (χ0v) is 8.12. The molecule has 0 aliphatic heterocycles. The zero-order chi connectivity index (χ0) is 9.36. The Morgan fingerprint density at radius 2 is 2.31 bits per heavy atom. The minimum Gasteiger partial charge on any atom is -0.491 e. The van der Waals surface area contributed by atoms with E-state index in [2.05, 4.69) is 18.1 Å². The first-order chi connectivity index (χ1) is 6.43. The van der Waals surface area contributed by atoms with Crippen LogP contribution in [0.5, 0.6) is 5.75 Å². The Bertz CT molecular complexity index is 211. The minimum absolute atomic E-state index is 0.749. The third-order valence-corrected chi connectivity index (χ3v) is 1.84. The molecule has 0 aliphatic rings. The second-order valence-electron chi connectivity index (χ2n) is 3.02. The van der Waals surface area contributed by atoms with Gasteiger partial charge < -0.3 is 4.74 Å². The van der Waals surface area contributed by atoms with E-state index in [1.54, 1.807) is 6.20 Å². The van der Waals surface area contributed by atoms with E-state index in [0.29, 0.717) is 0 Å². The van der Waals surface area contributed by atoms with Gasteiger partial charge in [0.25, 0.3) is 0 Å². The highest BCUT2D eigenvalue weighted by Crippen LogP contribution is 2.06. The van der Waals surface area contributed by atoms with Crippen molar-refractivity contribution in [1.82, 2.24) is 4.98 Å². The first-order valence-electron chi connectivity index (χ1n) is 4.89. The lowest BCUT2D eigenvalue weighted by Gasteiger charge is -2.03. The van der Waals surface area contributed by atoms with Crippen LogP contribution in [0.4, 0.5) is 0 Å². The molecule has 0 aromatic carbocycles. The molecule has 0 saturated heterocycles. The summed E-state index contributed by atoms with van der Waals surface area (Å²) in [6, 6.07) is 3.74. The molecule has 2 nitrogen and oxygen atoms in total. The number of hydrogen-bond donors (Lipinski definition) is 0. The molecular formula is C11H16NO. The van der Waals surface area contributed by atoms with Crippen LogP contribution >= 0.6 is 0 Å². The van der Waals surface area contributed by atoms with Gasteiger partial charge in [0.05, 0.1) is 6.61 Å². The number of pyridine rings is 1. The molecule has 1 radical (unpaired) electrons. The molecule has 1 aromatic rings. The monoisotopic (exact) mass is 178 g/mol. The van der Waals surface area contributed by atoms with Gasteiger partial charge in [-0.1, -0.05) is 26.2 Å². The Hall–Kier alpha value is -1.05. The predicted molar refractivity (Wildman–Crippen MR) is 52.7 cm³/mol. The summed E-state index contributed by atoms with van der Waals surface area (Å²) in [6.45, 7) is 2.98. The van der Waals surface area contributed by atoms with E-state index < -0.39 is 0 Å². The van der Waals surface area contributed by atoms with Crippen molar-refractivity contribution < 1.29 is 4.74 Å². The maximum absolute atomic E-state index is 5.43. The van der Waals surface area contributed by atoms with Gasteiger partial charge in [-0.2, -0.15) is 0 Å². The lowest BCUT2D eigenvalue weighted by Crippen LogP contribution is -1.97. The fraction of sp³-hybridized carbons (Fsp3) is 0.545. The Kier molecular flexibility index (Phi) is 4.99. The molecular weight excluding hydrogens is 162 g/mol. The quantitative estimate of drug-likeness (QED) is 0.625. The third kappa shape index (κ3) is 4.51. The zero-order valence-electron chi connectivity index (χ0n) is 8.12. The SMILES string of the molecule is CCCCCCOc1[c]nccc1.